The lowest BCUT2D eigenvalue weighted by Gasteiger charge is -2.26. The van der Waals surface area contributed by atoms with Crippen molar-refractivity contribution in [3.63, 3.8) is 0 Å². The maximum absolute atomic E-state index is 12.6. The zero-order valence-corrected chi connectivity index (χ0v) is 14.6. The average molecular weight is 355 g/mol. The highest BCUT2D eigenvalue weighted by atomic mass is 32.1. The van der Waals surface area contributed by atoms with E-state index < -0.39 is 0 Å². The largest absolute Gasteiger partial charge is 0.378 e. The zero-order chi connectivity index (χ0) is 17.2. The molecule has 0 atom stereocenters. The zero-order valence-electron chi connectivity index (χ0n) is 13.8. The van der Waals surface area contributed by atoms with Crippen molar-refractivity contribution < 1.29 is 14.1 Å². The van der Waals surface area contributed by atoms with Gasteiger partial charge < -0.3 is 14.2 Å². The lowest BCUT2D eigenvalue weighted by molar-refractivity contribution is 0.0303. The third-order valence-corrected chi connectivity index (χ3v) is 5.15. The van der Waals surface area contributed by atoms with Crippen LogP contribution < -0.4 is 0 Å². The Morgan fingerprint density at radius 1 is 1.24 bits per heavy atom. The number of thiophene rings is 1. The molecule has 0 unspecified atom stereocenters. The topological polar surface area (TPSA) is 68.5 Å². The van der Waals surface area contributed by atoms with Gasteiger partial charge in [-0.2, -0.15) is 4.98 Å². The van der Waals surface area contributed by atoms with Crippen LogP contribution in [-0.4, -0.2) is 47.3 Å². The van der Waals surface area contributed by atoms with Gasteiger partial charge in [0.1, 0.15) is 0 Å². The van der Waals surface area contributed by atoms with Crippen LogP contribution in [0.25, 0.3) is 22.2 Å². The lowest BCUT2D eigenvalue weighted by Crippen LogP contribution is -2.40. The summed E-state index contributed by atoms with van der Waals surface area (Å²) in [6, 6.07) is 9.37. The molecule has 1 fully saturated rings. The summed E-state index contributed by atoms with van der Waals surface area (Å²) in [5.41, 5.74) is 2.50. The van der Waals surface area contributed by atoms with Crippen LogP contribution in [0.15, 0.2) is 40.2 Å². The number of nitrogens with zero attached hydrogens (tertiary/aromatic N) is 3. The van der Waals surface area contributed by atoms with Crippen LogP contribution >= 0.6 is 11.3 Å². The highest BCUT2D eigenvalue weighted by Crippen LogP contribution is 2.29. The van der Waals surface area contributed by atoms with Crippen LogP contribution in [-0.2, 0) is 4.74 Å². The van der Waals surface area contributed by atoms with Crippen molar-refractivity contribution in [2.24, 2.45) is 0 Å². The fourth-order valence-electron chi connectivity index (χ4n) is 2.77. The molecule has 0 radical (unpaired) electrons. The Morgan fingerprint density at radius 2 is 2.08 bits per heavy atom. The predicted octanol–water partition coefficient (Wildman–Crippen LogP) is 3.25. The average Bonchev–Trinajstić information content (AvgIpc) is 3.31. The Kier molecular flexibility index (Phi) is 4.33. The molecule has 25 heavy (non-hydrogen) atoms. The summed E-state index contributed by atoms with van der Waals surface area (Å²) in [4.78, 5) is 19.9. The van der Waals surface area contributed by atoms with Gasteiger partial charge in [-0.05, 0) is 36.1 Å². The second-order valence-electron chi connectivity index (χ2n) is 5.84. The molecular weight excluding hydrogens is 338 g/mol. The number of aryl methyl sites for hydroxylation is 1. The highest BCUT2D eigenvalue weighted by molar-refractivity contribution is 7.13. The summed E-state index contributed by atoms with van der Waals surface area (Å²) in [6.45, 7) is 4.41. The van der Waals surface area contributed by atoms with E-state index in [1.807, 2.05) is 42.6 Å². The number of aromatic nitrogens is 2. The second-order valence-corrected chi connectivity index (χ2v) is 6.76. The van der Waals surface area contributed by atoms with Crippen LogP contribution in [0.1, 0.15) is 15.9 Å². The second kappa shape index (κ2) is 6.78. The molecule has 0 spiro atoms. The molecule has 1 aliphatic heterocycles. The van der Waals surface area contributed by atoms with Crippen LogP contribution in [0, 0.1) is 6.92 Å². The van der Waals surface area contributed by atoms with Gasteiger partial charge >= 0.3 is 0 Å². The van der Waals surface area contributed by atoms with Crippen molar-refractivity contribution >= 4 is 17.2 Å². The molecule has 6 nitrogen and oxygen atoms in total. The van der Waals surface area contributed by atoms with Crippen molar-refractivity contribution in [2.75, 3.05) is 26.3 Å². The number of rotatable bonds is 3. The van der Waals surface area contributed by atoms with E-state index in [4.69, 9.17) is 9.26 Å². The Labute approximate surface area is 149 Å². The molecule has 2 aromatic heterocycles. The number of amides is 1. The first kappa shape index (κ1) is 16.0. The van der Waals surface area contributed by atoms with Crippen LogP contribution in [0.3, 0.4) is 0 Å². The van der Waals surface area contributed by atoms with E-state index >= 15 is 0 Å². The molecule has 1 amide bonds. The quantitative estimate of drug-likeness (QED) is 0.721. The fourth-order valence-corrected chi connectivity index (χ4v) is 3.61. The van der Waals surface area contributed by atoms with E-state index in [1.165, 1.54) is 0 Å². The highest BCUT2D eigenvalue weighted by Gasteiger charge is 2.20. The van der Waals surface area contributed by atoms with Crippen molar-refractivity contribution in [3.05, 3.63) is 46.8 Å². The number of benzene rings is 1. The SMILES string of the molecule is Cc1ccsc1-c1nc(-c2cccc(C(=O)N3CCOCC3)c2)no1. The number of hydrogen-bond donors (Lipinski definition) is 0. The minimum Gasteiger partial charge on any atom is -0.378 e. The minimum absolute atomic E-state index is 0.00275. The number of hydrogen-bond acceptors (Lipinski definition) is 6. The molecule has 1 aliphatic rings. The van der Waals surface area contributed by atoms with Gasteiger partial charge in [-0.25, -0.2) is 0 Å². The maximum Gasteiger partial charge on any atom is 0.268 e. The van der Waals surface area contributed by atoms with Gasteiger partial charge in [-0.1, -0.05) is 17.3 Å². The number of carbonyl (C=O) groups is 1. The first-order chi connectivity index (χ1) is 12.2. The van der Waals surface area contributed by atoms with Gasteiger partial charge in [-0.15, -0.1) is 11.3 Å². The lowest BCUT2D eigenvalue weighted by atomic mass is 10.1. The van der Waals surface area contributed by atoms with E-state index in [0.29, 0.717) is 43.6 Å². The summed E-state index contributed by atoms with van der Waals surface area (Å²) >= 11 is 1.57. The van der Waals surface area contributed by atoms with E-state index in [2.05, 4.69) is 10.1 Å². The summed E-state index contributed by atoms with van der Waals surface area (Å²) in [7, 11) is 0. The van der Waals surface area contributed by atoms with Crippen molar-refractivity contribution in [3.8, 4) is 22.2 Å². The fraction of sp³-hybridized carbons (Fsp3) is 0.278. The molecule has 7 heteroatoms. The number of morpholine rings is 1. The Morgan fingerprint density at radius 3 is 2.84 bits per heavy atom. The predicted molar refractivity (Wildman–Crippen MR) is 94.5 cm³/mol. The smallest absolute Gasteiger partial charge is 0.268 e. The van der Waals surface area contributed by atoms with Gasteiger partial charge in [0.05, 0.1) is 18.1 Å². The standard InChI is InChI=1S/C18H17N3O3S/c1-12-5-10-25-15(12)17-19-16(20-24-17)13-3-2-4-14(11-13)18(22)21-6-8-23-9-7-21/h2-5,10-11H,6-9H2,1H3. The Hall–Kier alpha value is -2.51. The molecule has 0 N–H and O–H groups in total. The van der Waals surface area contributed by atoms with Gasteiger partial charge in [0.15, 0.2) is 0 Å². The normalized spacial score (nSPS) is 14.7. The van der Waals surface area contributed by atoms with Crippen molar-refractivity contribution in [2.45, 2.75) is 6.92 Å². The monoisotopic (exact) mass is 355 g/mol. The molecule has 128 valence electrons. The first-order valence-corrected chi connectivity index (χ1v) is 8.96. The molecule has 0 bridgehead atoms. The third-order valence-electron chi connectivity index (χ3n) is 4.15. The van der Waals surface area contributed by atoms with Gasteiger partial charge in [0, 0.05) is 24.2 Å². The maximum atomic E-state index is 12.6. The van der Waals surface area contributed by atoms with E-state index in [-0.39, 0.29) is 5.91 Å². The Bertz CT molecular complexity index is 896. The molecule has 0 aliphatic carbocycles. The molecular formula is C18H17N3O3S. The summed E-state index contributed by atoms with van der Waals surface area (Å²) in [5.74, 6) is 0.995. The molecule has 3 aromatic rings. The molecule has 4 rings (SSSR count). The summed E-state index contributed by atoms with van der Waals surface area (Å²) in [5, 5.41) is 6.07. The van der Waals surface area contributed by atoms with Gasteiger partial charge in [0.25, 0.3) is 11.8 Å². The third kappa shape index (κ3) is 3.20. The molecule has 1 saturated heterocycles. The van der Waals surface area contributed by atoms with Crippen LogP contribution in [0.4, 0.5) is 0 Å². The van der Waals surface area contributed by atoms with Crippen molar-refractivity contribution in [1.29, 1.82) is 0 Å². The number of carbonyl (C=O) groups excluding carboxylic acids is 1. The van der Waals surface area contributed by atoms with E-state index in [0.717, 1.165) is 16.0 Å². The van der Waals surface area contributed by atoms with E-state index in [9.17, 15) is 4.79 Å². The molecule has 0 saturated carbocycles. The molecule has 1 aromatic carbocycles. The summed E-state index contributed by atoms with van der Waals surface area (Å²) < 4.78 is 10.7. The molecule has 3 heterocycles. The Balaban J connectivity index is 1.60. The van der Waals surface area contributed by atoms with Gasteiger partial charge in [0.2, 0.25) is 5.82 Å². The van der Waals surface area contributed by atoms with E-state index in [1.54, 1.807) is 16.2 Å². The van der Waals surface area contributed by atoms with Crippen LogP contribution in [0.5, 0.6) is 0 Å². The van der Waals surface area contributed by atoms with Crippen LogP contribution in [0.2, 0.25) is 0 Å². The van der Waals surface area contributed by atoms with Crippen molar-refractivity contribution in [1.82, 2.24) is 15.0 Å². The number of ether oxygens (including phenoxy) is 1. The summed E-state index contributed by atoms with van der Waals surface area (Å²) in [6.07, 6.45) is 0. The minimum atomic E-state index is 0.00275. The first-order valence-electron chi connectivity index (χ1n) is 8.08. The van der Waals surface area contributed by atoms with Gasteiger partial charge in [-0.3, -0.25) is 4.79 Å².